The van der Waals surface area contributed by atoms with Gasteiger partial charge in [0.15, 0.2) is 5.75 Å². The maximum absolute atomic E-state index is 11.5. The molecule has 0 radical (unpaired) electrons. The third-order valence-corrected chi connectivity index (χ3v) is 3.08. The first-order valence-electron chi connectivity index (χ1n) is 5.68. The lowest BCUT2D eigenvalue weighted by Gasteiger charge is -2.28. The molecule has 0 bridgehead atoms. The molecule has 0 spiro atoms. The second-order valence-electron chi connectivity index (χ2n) is 4.18. The van der Waals surface area contributed by atoms with E-state index in [2.05, 4.69) is 0 Å². The van der Waals surface area contributed by atoms with Crippen LogP contribution in [0.1, 0.15) is 18.9 Å². The van der Waals surface area contributed by atoms with E-state index in [4.69, 9.17) is 4.74 Å². The van der Waals surface area contributed by atoms with Gasteiger partial charge in [0, 0.05) is 19.5 Å². The quantitative estimate of drug-likeness (QED) is 0.593. The van der Waals surface area contributed by atoms with Crippen LogP contribution in [0, 0.1) is 10.1 Å². The summed E-state index contributed by atoms with van der Waals surface area (Å²) < 4.78 is 5.02. The summed E-state index contributed by atoms with van der Waals surface area (Å²) in [7, 11) is 1.40. The Bertz CT molecular complexity index is 513. The molecule has 6 nitrogen and oxygen atoms in total. The Morgan fingerprint density at radius 2 is 2.22 bits per heavy atom. The van der Waals surface area contributed by atoms with Crippen LogP contribution >= 0.6 is 0 Å². The van der Waals surface area contributed by atoms with Crippen molar-refractivity contribution in [3.63, 3.8) is 0 Å². The molecular weight excluding hydrogens is 236 g/mol. The summed E-state index contributed by atoms with van der Waals surface area (Å²) in [5, 5.41) is 11.0. The number of carbonyl (C=O) groups excluding carboxylic acids is 1. The van der Waals surface area contributed by atoms with Gasteiger partial charge in [-0.2, -0.15) is 0 Å². The Balaban J connectivity index is 2.57. The number of carbonyl (C=O) groups is 1. The van der Waals surface area contributed by atoms with Crippen LogP contribution in [0.3, 0.4) is 0 Å². The topological polar surface area (TPSA) is 72.7 Å². The van der Waals surface area contributed by atoms with Crippen molar-refractivity contribution in [2.24, 2.45) is 0 Å². The molecular formula is C12H14N2O4. The number of hydrogen-bond acceptors (Lipinski definition) is 4. The minimum atomic E-state index is -0.494. The third-order valence-electron chi connectivity index (χ3n) is 3.08. The average molecular weight is 250 g/mol. The van der Waals surface area contributed by atoms with Gasteiger partial charge in [0.05, 0.1) is 17.7 Å². The zero-order chi connectivity index (χ0) is 13.3. The maximum Gasteiger partial charge on any atom is 0.313 e. The van der Waals surface area contributed by atoms with Crippen LogP contribution in [0.2, 0.25) is 0 Å². The van der Waals surface area contributed by atoms with Crippen molar-refractivity contribution in [1.29, 1.82) is 0 Å². The van der Waals surface area contributed by atoms with Crippen molar-refractivity contribution in [2.45, 2.75) is 19.8 Å². The molecule has 0 aliphatic carbocycles. The van der Waals surface area contributed by atoms with E-state index in [9.17, 15) is 14.9 Å². The molecule has 2 rings (SSSR count). The highest BCUT2D eigenvalue weighted by molar-refractivity contribution is 5.93. The molecule has 0 unspecified atom stereocenters. The van der Waals surface area contributed by atoms with Crippen molar-refractivity contribution in [1.82, 2.24) is 0 Å². The molecule has 0 aromatic heterocycles. The van der Waals surface area contributed by atoms with E-state index in [-0.39, 0.29) is 17.3 Å². The van der Waals surface area contributed by atoms with Gasteiger partial charge in [-0.25, -0.2) is 0 Å². The Hall–Kier alpha value is -2.11. The molecule has 1 amide bonds. The lowest BCUT2D eigenvalue weighted by Crippen LogP contribution is -2.33. The van der Waals surface area contributed by atoms with Crippen LogP contribution in [-0.4, -0.2) is 24.5 Å². The van der Waals surface area contributed by atoms with Crippen molar-refractivity contribution in [3.8, 4) is 5.75 Å². The molecule has 1 aliphatic rings. The number of amides is 1. The minimum Gasteiger partial charge on any atom is -0.490 e. The Morgan fingerprint density at radius 1 is 1.50 bits per heavy atom. The lowest BCUT2D eigenvalue weighted by atomic mass is 10.0. The summed E-state index contributed by atoms with van der Waals surface area (Å²) in [6.45, 7) is 2.07. The van der Waals surface area contributed by atoms with Gasteiger partial charge >= 0.3 is 5.69 Å². The smallest absolute Gasteiger partial charge is 0.313 e. The van der Waals surface area contributed by atoms with Gasteiger partial charge < -0.3 is 9.64 Å². The summed E-state index contributed by atoms with van der Waals surface area (Å²) in [5.74, 6) is 0.138. The number of rotatable bonds is 2. The third kappa shape index (κ3) is 2.01. The average Bonchev–Trinajstić information content (AvgIpc) is 2.35. The number of ether oxygens (including phenoxy) is 1. The van der Waals surface area contributed by atoms with E-state index >= 15 is 0 Å². The van der Waals surface area contributed by atoms with E-state index in [1.807, 2.05) is 0 Å². The largest absolute Gasteiger partial charge is 0.490 e. The molecule has 1 aromatic carbocycles. The van der Waals surface area contributed by atoms with E-state index in [1.165, 1.54) is 20.1 Å². The molecule has 0 saturated carbocycles. The number of nitro groups is 1. The molecule has 1 aromatic rings. The molecule has 18 heavy (non-hydrogen) atoms. The normalized spacial score (nSPS) is 14.0. The highest BCUT2D eigenvalue weighted by Gasteiger charge is 2.26. The van der Waals surface area contributed by atoms with Crippen LogP contribution in [0.25, 0.3) is 0 Å². The van der Waals surface area contributed by atoms with Gasteiger partial charge in [-0.05, 0) is 24.5 Å². The Kier molecular flexibility index (Phi) is 3.18. The van der Waals surface area contributed by atoms with Gasteiger partial charge in [-0.1, -0.05) is 0 Å². The maximum atomic E-state index is 11.5. The fourth-order valence-corrected chi connectivity index (χ4v) is 2.23. The summed E-state index contributed by atoms with van der Waals surface area (Å²) in [6.07, 6.45) is 1.65. The lowest BCUT2D eigenvalue weighted by molar-refractivity contribution is -0.385. The fraction of sp³-hybridized carbons (Fsp3) is 0.417. The highest BCUT2D eigenvalue weighted by atomic mass is 16.6. The van der Waals surface area contributed by atoms with E-state index in [0.29, 0.717) is 12.2 Å². The van der Waals surface area contributed by atoms with Gasteiger partial charge in [0.25, 0.3) is 0 Å². The second kappa shape index (κ2) is 4.64. The van der Waals surface area contributed by atoms with Crippen molar-refractivity contribution >= 4 is 17.3 Å². The van der Waals surface area contributed by atoms with Crippen LogP contribution in [0.15, 0.2) is 12.1 Å². The van der Waals surface area contributed by atoms with Crippen LogP contribution in [0.4, 0.5) is 11.4 Å². The minimum absolute atomic E-state index is 0.101. The van der Waals surface area contributed by atoms with Crippen LogP contribution < -0.4 is 9.64 Å². The predicted molar refractivity (Wildman–Crippen MR) is 66.0 cm³/mol. The zero-order valence-electron chi connectivity index (χ0n) is 10.3. The highest BCUT2D eigenvalue weighted by Crippen LogP contribution is 2.37. The van der Waals surface area contributed by atoms with Crippen LogP contribution in [0.5, 0.6) is 5.75 Å². The summed E-state index contributed by atoms with van der Waals surface area (Å²) in [4.78, 5) is 23.6. The first-order chi connectivity index (χ1) is 8.54. The number of benzene rings is 1. The number of fused-ring (bicyclic) bond motifs is 1. The number of aryl methyl sites for hydroxylation is 1. The van der Waals surface area contributed by atoms with Crippen molar-refractivity contribution in [3.05, 3.63) is 27.8 Å². The number of methoxy groups -OCH3 is 1. The number of anilines is 1. The first kappa shape index (κ1) is 12.3. The summed E-state index contributed by atoms with van der Waals surface area (Å²) >= 11 is 0. The first-order valence-corrected chi connectivity index (χ1v) is 5.68. The van der Waals surface area contributed by atoms with E-state index in [0.717, 1.165) is 18.4 Å². The van der Waals surface area contributed by atoms with Gasteiger partial charge in [0.1, 0.15) is 0 Å². The molecule has 96 valence electrons. The number of hydrogen-bond donors (Lipinski definition) is 0. The molecule has 1 aliphatic heterocycles. The second-order valence-corrected chi connectivity index (χ2v) is 4.18. The van der Waals surface area contributed by atoms with Gasteiger partial charge in [-0.3, -0.25) is 14.9 Å². The number of nitrogens with zero attached hydrogens (tertiary/aromatic N) is 2. The molecule has 0 saturated heterocycles. The Labute approximate surface area is 104 Å². The number of nitro benzene ring substituents is 1. The zero-order valence-corrected chi connectivity index (χ0v) is 10.3. The standard InChI is InChI=1S/C12H14N2O4/c1-8(15)13-5-3-4-9-6-12(18-2)11(14(16)17)7-10(9)13/h6-7H,3-5H2,1-2H3. The summed E-state index contributed by atoms with van der Waals surface area (Å²) in [6, 6.07) is 3.08. The molecule has 1 heterocycles. The van der Waals surface area contributed by atoms with Gasteiger partial charge in [-0.15, -0.1) is 0 Å². The monoisotopic (exact) mass is 250 g/mol. The Morgan fingerprint density at radius 3 is 2.78 bits per heavy atom. The van der Waals surface area contributed by atoms with Crippen molar-refractivity contribution < 1.29 is 14.5 Å². The van der Waals surface area contributed by atoms with E-state index in [1.54, 1.807) is 11.0 Å². The predicted octanol–water partition coefficient (Wildman–Crippen LogP) is 1.90. The molecule has 0 atom stereocenters. The fourth-order valence-electron chi connectivity index (χ4n) is 2.23. The van der Waals surface area contributed by atoms with E-state index < -0.39 is 4.92 Å². The summed E-state index contributed by atoms with van der Waals surface area (Å²) in [5.41, 5.74) is 1.43. The van der Waals surface area contributed by atoms with Crippen LogP contribution in [-0.2, 0) is 11.2 Å². The SMILES string of the molecule is COc1cc2c(cc1[N+](=O)[O-])N(C(C)=O)CCC2. The van der Waals surface area contributed by atoms with Crippen molar-refractivity contribution in [2.75, 3.05) is 18.6 Å². The van der Waals surface area contributed by atoms with Gasteiger partial charge in [0.2, 0.25) is 5.91 Å². The molecule has 0 fully saturated rings. The molecule has 6 heteroatoms. The molecule has 0 N–H and O–H groups in total.